The quantitative estimate of drug-likeness (QED) is 0.496. The molecule has 0 aliphatic heterocycles. The van der Waals surface area contributed by atoms with Gasteiger partial charge in [-0.05, 0) is 38.5 Å². The zero-order chi connectivity index (χ0) is 18.4. The molecule has 0 radical (unpaired) electrons. The van der Waals surface area contributed by atoms with Crippen LogP contribution in [0, 0.1) is 24.0 Å². The second kappa shape index (κ2) is 8.05. The number of nitrogens with zero attached hydrogens (tertiary/aromatic N) is 2. The predicted octanol–water partition coefficient (Wildman–Crippen LogP) is 3.13. The molecular weight excluding hydrogens is 322 g/mol. The summed E-state index contributed by atoms with van der Waals surface area (Å²) in [4.78, 5) is 22.2. The summed E-state index contributed by atoms with van der Waals surface area (Å²) in [5.74, 6) is -0.458. The van der Waals surface area contributed by atoms with E-state index in [-0.39, 0.29) is 18.0 Å². The molecule has 0 aliphatic rings. The highest BCUT2D eigenvalue weighted by Crippen LogP contribution is 2.25. The van der Waals surface area contributed by atoms with Crippen molar-refractivity contribution >= 4 is 17.3 Å². The standard InChI is InChI=1S/C18H19N3O4/c1-12-8-9-13(2)15(10-12)14(3)19-20-18(22)11-25-17-7-5-4-6-16(17)21(23)24/h4-10H,11H2,1-3H3,(H,20,22)/b19-14-. The van der Waals surface area contributed by atoms with Gasteiger partial charge in [-0.25, -0.2) is 5.43 Å². The van der Waals surface area contributed by atoms with Crippen molar-refractivity contribution in [1.82, 2.24) is 5.43 Å². The number of nitro benzene ring substituents is 1. The fourth-order valence-electron chi connectivity index (χ4n) is 2.24. The number of hydrogen-bond acceptors (Lipinski definition) is 5. The SMILES string of the molecule is C/C(=N/NC(=O)COc1ccccc1[N+](=O)[O-])c1cc(C)ccc1C. The highest BCUT2D eigenvalue weighted by atomic mass is 16.6. The van der Waals surface area contributed by atoms with E-state index in [0.29, 0.717) is 5.71 Å². The second-order valence-corrected chi connectivity index (χ2v) is 5.56. The van der Waals surface area contributed by atoms with E-state index in [9.17, 15) is 14.9 Å². The van der Waals surface area contributed by atoms with Crippen molar-refractivity contribution in [3.8, 4) is 5.75 Å². The monoisotopic (exact) mass is 341 g/mol. The van der Waals surface area contributed by atoms with Crippen LogP contribution in [0.2, 0.25) is 0 Å². The number of hydrogen-bond donors (Lipinski definition) is 1. The molecule has 7 heteroatoms. The molecule has 0 spiro atoms. The van der Waals surface area contributed by atoms with Crippen LogP contribution in [-0.4, -0.2) is 23.1 Å². The first kappa shape index (κ1) is 18.1. The number of benzene rings is 2. The molecular formula is C18H19N3O4. The second-order valence-electron chi connectivity index (χ2n) is 5.56. The lowest BCUT2D eigenvalue weighted by molar-refractivity contribution is -0.385. The molecule has 7 nitrogen and oxygen atoms in total. The molecule has 0 saturated heterocycles. The first-order valence-electron chi connectivity index (χ1n) is 7.65. The van der Waals surface area contributed by atoms with Gasteiger partial charge >= 0.3 is 5.69 Å². The maximum Gasteiger partial charge on any atom is 0.310 e. The van der Waals surface area contributed by atoms with Crippen LogP contribution in [0.4, 0.5) is 5.69 Å². The van der Waals surface area contributed by atoms with Crippen molar-refractivity contribution in [3.63, 3.8) is 0 Å². The minimum Gasteiger partial charge on any atom is -0.477 e. The Morgan fingerprint density at radius 3 is 2.68 bits per heavy atom. The average molecular weight is 341 g/mol. The van der Waals surface area contributed by atoms with Gasteiger partial charge in [0.05, 0.1) is 10.6 Å². The van der Waals surface area contributed by atoms with E-state index in [2.05, 4.69) is 10.5 Å². The molecule has 0 aliphatic carbocycles. The van der Waals surface area contributed by atoms with Gasteiger partial charge in [0, 0.05) is 11.6 Å². The van der Waals surface area contributed by atoms with Crippen LogP contribution < -0.4 is 10.2 Å². The Hall–Kier alpha value is -3.22. The fraction of sp³-hybridized carbons (Fsp3) is 0.222. The molecule has 0 atom stereocenters. The normalized spacial score (nSPS) is 11.1. The summed E-state index contributed by atoms with van der Waals surface area (Å²) < 4.78 is 5.22. The van der Waals surface area contributed by atoms with Gasteiger partial charge in [-0.2, -0.15) is 5.10 Å². The molecule has 0 aromatic heterocycles. The maximum atomic E-state index is 11.9. The number of amides is 1. The zero-order valence-corrected chi connectivity index (χ0v) is 14.3. The largest absolute Gasteiger partial charge is 0.477 e. The van der Waals surface area contributed by atoms with Gasteiger partial charge in [-0.1, -0.05) is 29.8 Å². The third-order valence-electron chi connectivity index (χ3n) is 3.55. The molecule has 130 valence electrons. The van der Waals surface area contributed by atoms with Crippen molar-refractivity contribution in [2.45, 2.75) is 20.8 Å². The van der Waals surface area contributed by atoms with Crippen molar-refractivity contribution in [1.29, 1.82) is 0 Å². The van der Waals surface area contributed by atoms with Crippen molar-refractivity contribution in [2.75, 3.05) is 6.61 Å². The van der Waals surface area contributed by atoms with Crippen LogP contribution in [0.25, 0.3) is 0 Å². The minimum atomic E-state index is -0.559. The van der Waals surface area contributed by atoms with E-state index in [1.807, 2.05) is 32.0 Å². The van der Waals surface area contributed by atoms with Crippen LogP contribution in [-0.2, 0) is 4.79 Å². The summed E-state index contributed by atoms with van der Waals surface area (Å²) in [6.45, 7) is 5.38. The highest BCUT2D eigenvalue weighted by molar-refractivity contribution is 6.00. The molecule has 25 heavy (non-hydrogen) atoms. The fourth-order valence-corrected chi connectivity index (χ4v) is 2.24. The Morgan fingerprint density at radius 2 is 1.96 bits per heavy atom. The smallest absolute Gasteiger partial charge is 0.310 e. The van der Waals surface area contributed by atoms with Gasteiger partial charge in [0.1, 0.15) is 0 Å². The number of carbonyl (C=O) groups excluding carboxylic acids is 1. The number of aryl methyl sites for hydroxylation is 2. The highest BCUT2D eigenvalue weighted by Gasteiger charge is 2.14. The molecule has 0 heterocycles. The molecule has 0 bridgehead atoms. The Bertz CT molecular complexity index is 831. The number of ether oxygens (including phenoxy) is 1. The Morgan fingerprint density at radius 1 is 1.24 bits per heavy atom. The van der Waals surface area contributed by atoms with Crippen LogP contribution in [0.1, 0.15) is 23.6 Å². The number of rotatable bonds is 6. The summed E-state index contributed by atoms with van der Waals surface area (Å²) in [7, 11) is 0. The first-order valence-corrected chi connectivity index (χ1v) is 7.65. The molecule has 2 aromatic rings. The Balaban J connectivity index is 1.99. The van der Waals surface area contributed by atoms with E-state index >= 15 is 0 Å². The molecule has 0 saturated carbocycles. The van der Waals surface area contributed by atoms with Crippen LogP contribution in [0.3, 0.4) is 0 Å². The summed E-state index contributed by atoms with van der Waals surface area (Å²) >= 11 is 0. The summed E-state index contributed by atoms with van der Waals surface area (Å²) in [5.41, 5.74) is 5.97. The zero-order valence-electron chi connectivity index (χ0n) is 14.3. The van der Waals surface area contributed by atoms with Crippen molar-refractivity contribution < 1.29 is 14.5 Å². The number of para-hydroxylation sites is 2. The summed E-state index contributed by atoms with van der Waals surface area (Å²) in [5, 5.41) is 15.0. The molecule has 0 fully saturated rings. The molecule has 1 N–H and O–H groups in total. The molecule has 1 amide bonds. The average Bonchev–Trinajstić information content (AvgIpc) is 2.60. The van der Waals surface area contributed by atoms with E-state index in [1.54, 1.807) is 13.0 Å². The maximum absolute atomic E-state index is 11.9. The van der Waals surface area contributed by atoms with E-state index in [0.717, 1.165) is 16.7 Å². The van der Waals surface area contributed by atoms with Gasteiger partial charge < -0.3 is 4.74 Å². The summed E-state index contributed by atoms with van der Waals surface area (Å²) in [6, 6.07) is 11.9. The van der Waals surface area contributed by atoms with Crippen LogP contribution >= 0.6 is 0 Å². The van der Waals surface area contributed by atoms with E-state index < -0.39 is 10.8 Å². The van der Waals surface area contributed by atoms with Crippen LogP contribution in [0.15, 0.2) is 47.6 Å². The number of nitro groups is 1. The third kappa shape index (κ3) is 4.87. The Labute approximate surface area is 145 Å². The topological polar surface area (TPSA) is 93.8 Å². The number of nitrogens with one attached hydrogen (secondary N) is 1. The lowest BCUT2D eigenvalue weighted by Crippen LogP contribution is -2.25. The van der Waals surface area contributed by atoms with Gasteiger partial charge in [0.15, 0.2) is 12.4 Å². The Kier molecular flexibility index (Phi) is 5.84. The molecule has 2 rings (SSSR count). The van der Waals surface area contributed by atoms with Gasteiger partial charge in [0.2, 0.25) is 0 Å². The lowest BCUT2D eigenvalue weighted by atomic mass is 10.0. The summed E-state index contributed by atoms with van der Waals surface area (Å²) in [6.07, 6.45) is 0. The molecule has 2 aromatic carbocycles. The van der Waals surface area contributed by atoms with Crippen molar-refractivity contribution in [2.24, 2.45) is 5.10 Å². The van der Waals surface area contributed by atoms with Crippen molar-refractivity contribution in [3.05, 3.63) is 69.3 Å². The molecule has 0 unspecified atom stereocenters. The third-order valence-corrected chi connectivity index (χ3v) is 3.55. The first-order chi connectivity index (χ1) is 11.9. The lowest BCUT2D eigenvalue weighted by Gasteiger charge is -2.08. The number of carbonyl (C=O) groups is 1. The predicted molar refractivity (Wildman–Crippen MR) is 94.9 cm³/mol. The van der Waals surface area contributed by atoms with Crippen LogP contribution in [0.5, 0.6) is 5.75 Å². The number of hydrazone groups is 1. The minimum absolute atomic E-state index is 0.0397. The van der Waals surface area contributed by atoms with Gasteiger partial charge in [-0.15, -0.1) is 0 Å². The van der Waals surface area contributed by atoms with Gasteiger partial charge in [-0.3, -0.25) is 14.9 Å². The van der Waals surface area contributed by atoms with Gasteiger partial charge in [0.25, 0.3) is 5.91 Å². The van der Waals surface area contributed by atoms with E-state index in [4.69, 9.17) is 4.74 Å². The van der Waals surface area contributed by atoms with E-state index in [1.165, 1.54) is 18.2 Å².